The molecule has 28 heavy (non-hydrogen) atoms. The van der Waals surface area contributed by atoms with Gasteiger partial charge in [-0.25, -0.2) is 0 Å². The molecule has 0 radical (unpaired) electrons. The van der Waals surface area contributed by atoms with Crippen molar-refractivity contribution in [1.82, 2.24) is 4.90 Å². The summed E-state index contributed by atoms with van der Waals surface area (Å²) in [5.41, 5.74) is 3.77. The summed E-state index contributed by atoms with van der Waals surface area (Å²) in [6.07, 6.45) is 3.71. The molecular weight excluding hydrogens is 372 g/mol. The molecule has 0 aliphatic carbocycles. The molecule has 0 bridgehead atoms. The van der Waals surface area contributed by atoms with Crippen LogP contribution in [0.4, 0.5) is 5.69 Å². The van der Waals surface area contributed by atoms with Crippen molar-refractivity contribution in [2.45, 2.75) is 38.3 Å². The number of halogens is 1. The van der Waals surface area contributed by atoms with E-state index in [0.717, 1.165) is 41.7 Å². The molecular formula is C23H29ClN2O2. The Balaban J connectivity index is 1.53. The van der Waals surface area contributed by atoms with Crippen molar-refractivity contribution in [3.05, 3.63) is 52.5 Å². The van der Waals surface area contributed by atoms with Gasteiger partial charge in [0.15, 0.2) is 11.5 Å². The fourth-order valence-electron chi connectivity index (χ4n) is 4.73. The van der Waals surface area contributed by atoms with E-state index in [-0.39, 0.29) is 0 Å². The number of hydrogen-bond acceptors (Lipinski definition) is 4. The SMILES string of the molecule is COc1ccc([C@@H]2CCC[C@@H]3CN(c4ccc(Cl)c(C)c4)CCN32)cc1OC. The van der Waals surface area contributed by atoms with Crippen LogP contribution in [0.25, 0.3) is 0 Å². The zero-order chi connectivity index (χ0) is 19.7. The number of ether oxygens (including phenoxy) is 2. The molecule has 0 N–H and O–H groups in total. The fraction of sp³-hybridized carbons (Fsp3) is 0.478. The van der Waals surface area contributed by atoms with E-state index >= 15 is 0 Å². The van der Waals surface area contributed by atoms with E-state index in [0.29, 0.717) is 12.1 Å². The predicted octanol–water partition coefficient (Wildman–Crippen LogP) is 5.08. The molecule has 0 saturated carbocycles. The highest BCUT2D eigenvalue weighted by atomic mass is 35.5. The van der Waals surface area contributed by atoms with Crippen LogP contribution in [0.15, 0.2) is 36.4 Å². The molecule has 2 fully saturated rings. The number of aryl methyl sites for hydroxylation is 1. The van der Waals surface area contributed by atoms with Gasteiger partial charge in [0.05, 0.1) is 14.2 Å². The molecule has 2 atom stereocenters. The Morgan fingerprint density at radius 1 is 0.964 bits per heavy atom. The van der Waals surface area contributed by atoms with E-state index < -0.39 is 0 Å². The Morgan fingerprint density at radius 2 is 1.79 bits per heavy atom. The zero-order valence-corrected chi connectivity index (χ0v) is 17.7. The van der Waals surface area contributed by atoms with Gasteiger partial charge in [-0.15, -0.1) is 0 Å². The lowest BCUT2D eigenvalue weighted by molar-refractivity contribution is 0.0715. The van der Waals surface area contributed by atoms with Crippen LogP contribution < -0.4 is 14.4 Å². The van der Waals surface area contributed by atoms with Crippen LogP contribution in [0, 0.1) is 6.92 Å². The quantitative estimate of drug-likeness (QED) is 0.714. The van der Waals surface area contributed by atoms with Crippen LogP contribution >= 0.6 is 11.6 Å². The maximum Gasteiger partial charge on any atom is 0.161 e. The van der Waals surface area contributed by atoms with Crippen molar-refractivity contribution in [2.24, 2.45) is 0 Å². The lowest BCUT2D eigenvalue weighted by Crippen LogP contribution is -2.55. The molecule has 2 heterocycles. The first-order valence-electron chi connectivity index (χ1n) is 10.1. The Bertz CT molecular complexity index is 841. The molecule has 150 valence electrons. The minimum absolute atomic E-state index is 0.452. The van der Waals surface area contributed by atoms with Crippen molar-refractivity contribution < 1.29 is 9.47 Å². The summed E-state index contributed by atoms with van der Waals surface area (Å²) in [6, 6.07) is 13.8. The van der Waals surface area contributed by atoms with Crippen LogP contribution in [-0.4, -0.2) is 44.8 Å². The fourth-order valence-corrected chi connectivity index (χ4v) is 4.85. The Labute approximate surface area is 173 Å². The highest BCUT2D eigenvalue weighted by Crippen LogP contribution is 2.40. The van der Waals surface area contributed by atoms with Crippen molar-refractivity contribution in [3.63, 3.8) is 0 Å². The van der Waals surface area contributed by atoms with E-state index in [1.54, 1.807) is 14.2 Å². The van der Waals surface area contributed by atoms with E-state index in [1.165, 1.54) is 30.5 Å². The maximum absolute atomic E-state index is 6.22. The monoisotopic (exact) mass is 400 g/mol. The molecule has 0 amide bonds. The number of benzene rings is 2. The van der Waals surface area contributed by atoms with Crippen LogP contribution in [0.2, 0.25) is 5.02 Å². The molecule has 2 saturated heterocycles. The largest absolute Gasteiger partial charge is 0.493 e. The van der Waals surface area contributed by atoms with Crippen LogP contribution in [0.1, 0.15) is 36.4 Å². The lowest BCUT2D eigenvalue weighted by Gasteiger charge is -2.49. The number of anilines is 1. The molecule has 0 spiro atoms. The smallest absolute Gasteiger partial charge is 0.161 e. The van der Waals surface area contributed by atoms with Gasteiger partial charge in [0.1, 0.15) is 0 Å². The molecule has 4 rings (SSSR count). The Hall–Kier alpha value is -1.91. The zero-order valence-electron chi connectivity index (χ0n) is 17.0. The molecule has 0 aromatic heterocycles. The van der Waals surface area contributed by atoms with Gasteiger partial charge < -0.3 is 14.4 Å². The van der Waals surface area contributed by atoms with Crippen LogP contribution in [-0.2, 0) is 0 Å². The topological polar surface area (TPSA) is 24.9 Å². The summed E-state index contributed by atoms with van der Waals surface area (Å²) in [4.78, 5) is 5.21. The lowest BCUT2D eigenvalue weighted by atomic mass is 9.89. The maximum atomic E-state index is 6.22. The van der Waals surface area contributed by atoms with Crippen molar-refractivity contribution in [3.8, 4) is 11.5 Å². The highest BCUT2D eigenvalue weighted by Gasteiger charge is 2.36. The second-order valence-electron chi connectivity index (χ2n) is 7.83. The first kappa shape index (κ1) is 19.4. The van der Waals surface area contributed by atoms with Crippen LogP contribution in [0.3, 0.4) is 0 Å². The van der Waals surface area contributed by atoms with Crippen molar-refractivity contribution >= 4 is 17.3 Å². The second-order valence-corrected chi connectivity index (χ2v) is 8.24. The van der Waals surface area contributed by atoms with E-state index in [4.69, 9.17) is 21.1 Å². The third-order valence-electron chi connectivity index (χ3n) is 6.24. The standard InChI is InChI=1S/C23H29ClN2O2/c1-16-13-18(8-9-20(16)24)25-11-12-26-19(15-25)5-4-6-21(26)17-7-10-22(27-2)23(14-17)28-3/h7-10,13-14,19,21H,4-6,11-12,15H2,1-3H3/t19-,21+/m1/s1. The summed E-state index contributed by atoms with van der Waals surface area (Å²) >= 11 is 6.22. The molecule has 5 heteroatoms. The Kier molecular flexibility index (Phi) is 5.70. The number of piperidine rings is 1. The number of methoxy groups -OCH3 is 2. The summed E-state index contributed by atoms with van der Waals surface area (Å²) in [5, 5.41) is 0.841. The average Bonchev–Trinajstić information content (AvgIpc) is 2.74. The van der Waals surface area contributed by atoms with Gasteiger partial charge in [-0.2, -0.15) is 0 Å². The number of nitrogens with zero attached hydrogens (tertiary/aromatic N) is 2. The third-order valence-corrected chi connectivity index (χ3v) is 6.67. The average molecular weight is 401 g/mol. The minimum atomic E-state index is 0.452. The van der Waals surface area contributed by atoms with E-state index in [1.807, 2.05) is 12.1 Å². The van der Waals surface area contributed by atoms with Crippen molar-refractivity contribution in [1.29, 1.82) is 0 Å². The van der Waals surface area contributed by atoms with Crippen LogP contribution in [0.5, 0.6) is 11.5 Å². The van der Waals surface area contributed by atoms with Gasteiger partial charge in [-0.05, 0) is 67.6 Å². The van der Waals surface area contributed by atoms with E-state index in [9.17, 15) is 0 Å². The number of rotatable bonds is 4. The number of fused-ring (bicyclic) bond motifs is 1. The third kappa shape index (κ3) is 3.68. The molecule has 2 aromatic rings. The van der Waals surface area contributed by atoms with Gasteiger partial charge in [0.25, 0.3) is 0 Å². The van der Waals surface area contributed by atoms with Gasteiger partial charge >= 0.3 is 0 Å². The molecule has 0 unspecified atom stereocenters. The highest BCUT2D eigenvalue weighted by molar-refractivity contribution is 6.31. The first-order valence-corrected chi connectivity index (χ1v) is 10.5. The summed E-state index contributed by atoms with van der Waals surface area (Å²) < 4.78 is 10.9. The van der Waals surface area contributed by atoms with E-state index in [2.05, 4.69) is 41.0 Å². The van der Waals surface area contributed by atoms with Gasteiger partial charge in [0.2, 0.25) is 0 Å². The van der Waals surface area contributed by atoms with Gasteiger partial charge in [0, 0.05) is 42.4 Å². The molecule has 2 aromatic carbocycles. The van der Waals surface area contributed by atoms with Crippen molar-refractivity contribution in [2.75, 3.05) is 38.8 Å². The number of piperazine rings is 1. The summed E-state index contributed by atoms with van der Waals surface area (Å²) in [5.74, 6) is 1.61. The summed E-state index contributed by atoms with van der Waals surface area (Å²) in [7, 11) is 3.39. The first-order chi connectivity index (χ1) is 13.6. The normalized spacial score (nSPS) is 22.6. The summed E-state index contributed by atoms with van der Waals surface area (Å²) in [6.45, 7) is 5.27. The molecule has 4 nitrogen and oxygen atoms in total. The Morgan fingerprint density at radius 3 is 2.54 bits per heavy atom. The second kappa shape index (κ2) is 8.22. The molecule has 2 aliphatic rings. The predicted molar refractivity (Wildman–Crippen MR) is 115 cm³/mol. The minimum Gasteiger partial charge on any atom is -0.493 e. The van der Waals surface area contributed by atoms with Gasteiger partial charge in [-0.3, -0.25) is 4.90 Å². The molecule has 2 aliphatic heterocycles. The van der Waals surface area contributed by atoms with Gasteiger partial charge in [-0.1, -0.05) is 17.7 Å². The number of hydrogen-bond donors (Lipinski definition) is 0.